The van der Waals surface area contributed by atoms with Gasteiger partial charge in [0.05, 0.1) is 16.8 Å². The number of hydrogen-bond donors (Lipinski definition) is 2. The molecule has 3 N–H and O–H groups in total. The first kappa shape index (κ1) is 9.19. The Balaban J connectivity index is 3.00. The van der Waals surface area contributed by atoms with Crippen LogP contribution in [0, 0.1) is 0 Å². The van der Waals surface area contributed by atoms with Crippen LogP contribution >= 0.6 is 11.6 Å². The predicted octanol–water partition coefficient (Wildman–Crippen LogP) is 1.43. The number of hydrazine groups is 1. The van der Waals surface area contributed by atoms with Crippen LogP contribution in [0.4, 0.5) is 0 Å². The molecule has 0 aromatic carbocycles. The van der Waals surface area contributed by atoms with Gasteiger partial charge in [-0.15, -0.1) is 6.58 Å². The quantitative estimate of drug-likeness (QED) is 0.424. The molecule has 1 aromatic heterocycles. The zero-order chi connectivity index (χ0) is 8.97. The van der Waals surface area contributed by atoms with E-state index in [1.165, 1.54) is 0 Å². The molecule has 0 aliphatic carbocycles. The maximum atomic E-state index is 5.87. The molecule has 1 rings (SSSR count). The predicted molar refractivity (Wildman–Crippen MR) is 49.5 cm³/mol. The van der Waals surface area contributed by atoms with Crippen LogP contribution in [0.15, 0.2) is 31.0 Å². The Bertz CT molecular complexity index is 275. The molecule has 0 saturated heterocycles. The van der Waals surface area contributed by atoms with E-state index >= 15 is 0 Å². The monoisotopic (exact) mass is 183 g/mol. The summed E-state index contributed by atoms with van der Waals surface area (Å²) in [5.41, 5.74) is 3.24. The average Bonchev–Trinajstić information content (AvgIpc) is 2.10. The SMILES string of the molecule is C=CC(NN)c1ncccc1Cl. The van der Waals surface area contributed by atoms with E-state index in [2.05, 4.69) is 17.0 Å². The minimum absolute atomic E-state index is 0.196. The van der Waals surface area contributed by atoms with E-state index in [1.807, 2.05) is 0 Å². The summed E-state index contributed by atoms with van der Waals surface area (Å²) in [5, 5.41) is 0.584. The van der Waals surface area contributed by atoms with Gasteiger partial charge in [-0.1, -0.05) is 17.7 Å². The van der Waals surface area contributed by atoms with Crippen molar-refractivity contribution in [3.8, 4) is 0 Å². The van der Waals surface area contributed by atoms with Gasteiger partial charge < -0.3 is 0 Å². The molecule has 64 valence electrons. The van der Waals surface area contributed by atoms with Gasteiger partial charge in [-0.25, -0.2) is 5.43 Å². The molecule has 0 radical (unpaired) electrons. The summed E-state index contributed by atoms with van der Waals surface area (Å²) in [7, 11) is 0. The zero-order valence-electron chi connectivity index (χ0n) is 6.50. The topological polar surface area (TPSA) is 50.9 Å². The van der Waals surface area contributed by atoms with E-state index in [-0.39, 0.29) is 6.04 Å². The van der Waals surface area contributed by atoms with E-state index in [0.717, 1.165) is 0 Å². The Morgan fingerprint density at radius 3 is 3.00 bits per heavy atom. The third-order valence-electron chi connectivity index (χ3n) is 1.50. The van der Waals surface area contributed by atoms with E-state index < -0.39 is 0 Å². The third-order valence-corrected chi connectivity index (χ3v) is 1.82. The molecule has 0 bridgehead atoms. The molecular formula is C8H10ClN3. The Labute approximate surface area is 76.2 Å². The fourth-order valence-electron chi connectivity index (χ4n) is 0.885. The number of nitrogens with zero attached hydrogens (tertiary/aromatic N) is 1. The highest BCUT2D eigenvalue weighted by Crippen LogP contribution is 2.19. The van der Waals surface area contributed by atoms with Gasteiger partial charge >= 0.3 is 0 Å². The summed E-state index contributed by atoms with van der Waals surface area (Å²) in [5.74, 6) is 5.26. The molecule has 0 aliphatic heterocycles. The molecule has 0 amide bonds. The Hall–Kier alpha value is -0.900. The minimum atomic E-state index is -0.196. The summed E-state index contributed by atoms with van der Waals surface area (Å²) < 4.78 is 0. The molecule has 0 fully saturated rings. The maximum absolute atomic E-state index is 5.87. The van der Waals surface area contributed by atoms with Crippen LogP contribution < -0.4 is 11.3 Å². The molecule has 0 saturated carbocycles. The lowest BCUT2D eigenvalue weighted by molar-refractivity contribution is 0.640. The van der Waals surface area contributed by atoms with Crippen molar-refractivity contribution in [3.63, 3.8) is 0 Å². The van der Waals surface area contributed by atoms with Gasteiger partial charge in [0.25, 0.3) is 0 Å². The fourth-order valence-corrected chi connectivity index (χ4v) is 1.12. The van der Waals surface area contributed by atoms with Crippen molar-refractivity contribution in [2.24, 2.45) is 5.84 Å². The molecule has 0 spiro atoms. The highest BCUT2D eigenvalue weighted by Gasteiger charge is 2.09. The summed E-state index contributed by atoms with van der Waals surface area (Å²) >= 11 is 5.87. The second-order valence-corrected chi connectivity index (χ2v) is 2.66. The number of pyridine rings is 1. The number of rotatable bonds is 3. The molecule has 1 aromatic rings. The van der Waals surface area contributed by atoms with Crippen molar-refractivity contribution in [2.75, 3.05) is 0 Å². The second kappa shape index (κ2) is 4.21. The lowest BCUT2D eigenvalue weighted by Gasteiger charge is -2.10. The van der Waals surface area contributed by atoms with Crippen molar-refractivity contribution >= 4 is 11.6 Å². The molecule has 4 heteroatoms. The van der Waals surface area contributed by atoms with Gasteiger partial charge in [0.2, 0.25) is 0 Å². The Kier molecular flexibility index (Phi) is 3.22. The van der Waals surface area contributed by atoms with Crippen molar-refractivity contribution < 1.29 is 0 Å². The first-order valence-electron chi connectivity index (χ1n) is 3.48. The summed E-state index contributed by atoms with van der Waals surface area (Å²) in [6, 6.07) is 3.33. The van der Waals surface area contributed by atoms with Crippen LogP contribution in [0.25, 0.3) is 0 Å². The molecule has 1 unspecified atom stereocenters. The summed E-state index contributed by atoms with van der Waals surface area (Å²) in [4.78, 5) is 4.07. The van der Waals surface area contributed by atoms with Crippen molar-refractivity contribution in [3.05, 3.63) is 41.7 Å². The summed E-state index contributed by atoms with van der Waals surface area (Å²) in [6.07, 6.45) is 3.31. The first-order chi connectivity index (χ1) is 5.79. The van der Waals surface area contributed by atoms with Crippen LogP contribution in [0.2, 0.25) is 5.02 Å². The van der Waals surface area contributed by atoms with Gasteiger partial charge in [-0.05, 0) is 12.1 Å². The maximum Gasteiger partial charge on any atom is 0.0824 e. The molecule has 1 atom stereocenters. The van der Waals surface area contributed by atoms with Gasteiger partial charge in [0.15, 0.2) is 0 Å². The minimum Gasteiger partial charge on any atom is -0.271 e. The highest BCUT2D eigenvalue weighted by atomic mass is 35.5. The van der Waals surface area contributed by atoms with Crippen molar-refractivity contribution in [1.82, 2.24) is 10.4 Å². The molecule has 12 heavy (non-hydrogen) atoms. The standard InChI is InChI=1S/C8H10ClN3/c1-2-7(12-10)8-6(9)4-3-5-11-8/h2-5,7,12H,1,10H2. The lowest BCUT2D eigenvalue weighted by Crippen LogP contribution is -2.27. The van der Waals surface area contributed by atoms with Crippen LogP contribution in [0.3, 0.4) is 0 Å². The molecule has 3 nitrogen and oxygen atoms in total. The normalized spacial score (nSPS) is 12.5. The fraction of sp³-hybridized carbons (Fsp3) is 0.125. The highest BCUT2D eigenvalue weighted by molar-refractivity contribution is 6.31. The number of nitrogens with one attached hydrogen (secondary N) is 1. The third kappa shape index (κ3) is 1.82. The van der Waals surface area contributed by atoms with Crippen molar-refractivity contribution in [1.29, 1.82) is 0 Å². The van der Waals surface area contributed by atoms with Gasteiger partial charge in [0, 0.05) is 6.20 Å². The van der Waals surface area contributed by atoms with Crippen molar-refractivity contribution in [2.45, 2.75) is 6.04 Å². The van der Waals surface area contributed by atoms with E-state index in [4.69, 9.17) is 17.4 Å². The molecule has 1 heterocycles. The molecular weight excluding hydrogens is 174 g/mol. The smallest absolute Gasteiger partial charge is 0.0824 e. The second-order valence-electron chi connectivity index (χ2n) is 2.25. The van der Waals surface area contributed by atoms with Crippen LogP contribution in [-0.2, 0) is 0 Å². The lowest BCUT2D eigenvalue weighted by atomic mass is 10.2. The average molecular weight is 184 g/mol. The zero-order valence-corrected chi connectivity index (χ0v) is 7.25. The van der Waals surface area contributed by atoms with E-state index in [9.17, 15) is 0 Å². The Morgan fingerprint density at radius 1 is 1.75 bits per heavy atom. The van der Waals surface area contributed by atoms with Gasteiger partial charge in [-0.2, -0.15) is 0 Å². The van der Waals surface area contributed by atoms with Gasteiger partial charge in [0.1, 0.15) is 0 Å². The summed E-state index contributed by atoms with van der Waals surface area (Å²) in [6.45, 7) is 3.61. The van der Waals surface area contributed by atoms with Crippen LogP contribution in [0.1, 0.15) is 11.7 Å². The number of halogens is 1. The number of aromatic nitrogens is 1. The largest absolute Gasteiger partial charge is 0.271 e. The number of nitrogens with two attached hydrogens (primary N) is 1. The molecule has 0 aliphatic rings. The van der Waals surface area contributed by atoms with Gasteiger partial charge in [-0.3, -0.25) is 10.8 Å². The first-order valence-corrected chi connectivity index (χ1v) is 3.86. The van der Waals surface area contributed by atoms with E-state index in [1.54, 1.807) is 24.4 Å². The van der Waals surface area contributed by atoms with E-state index in [0.29, 0.717) is 10.7 Å². The van der Waals surface area contributed by atoms with Crippen LogP contribution in [-0.4, -0.2) is 4.98 Å². The number of hydrogen-bond acceptors (Lipinski definition) is 3. The Morgan fingerprint density at radius 2 is 2.50 bits per heavy atom. The van der Waals surface area contributed by atoms with Crippen LogP contribution in [0.5, 0.6) is 0 Å².